The minimum atomic E-state index is -0.924. The summed E-state index contributed by atoms with van der Waals surface area (Å²) in [5.74, 6) is -0.525. The number of rotatable bonds is 3. The number of nitriles is 1. The highest BCUT2D eigenvalue weighted by Gasteiger charge is 2.15. The largest absolute Gasteiger partial charge is 0.389 e. The van der Waals surface area contributed by atoms with E-state index < -0.39 is 11.4 Å². The predicted molar refractivity (Wildman–Crippen MR) is 63.6 cm³/mol. The molecule has 1 aromatic rings. The zero-order valence-electron chi connectivity index (χ0n) is 9.01. The Morgan fingerprint density at radius 3 is 2.69 bits per heavy atom. The van der Waals surface area contributed by atoms with Crippen LogP contribution in [0, 0.1) is 17.1 Å². The first kappa shape index (κ1) is 12.9. The quantitative estimate of drug-likeness (QED) is 0.898. The first-order valence-corrected chi connectivity index (χ1v) is 5.49. The van der Waals surface area contributed by atoms with E-state index in [1.54, 1.807) is 13.8 Å². The molecule has 0 amide bonds. The number of hydrogen-bond acceptors (Lipinski definition) is 3. The highest BCUT2D eigenvalue weighted by Crippen LogP contribution is 2.26. The van der Waals surface area contributed by atoms with Gasteiger partial charge in [0.25, 0.3) is 0 Å². The summed E-state index contributed by atoms with van der Waals surface area (Å²) < 4.78 is 13.8. The van der Waals surface area contributed by atoms with Crippen molar-refractivity contribution < 1.29 is 9.50 Å². The van der Waals surface area contributed by atoms with Gasteiger partial charge in [-0.25, -0.2) is 4.39 Å². The Labute approximate surface area is 102 Å². The second kappa shape index (κ2) is 4.81. The van der Waals surface area contributed by atoms with Gasteiger partial charge in [-0.3, -0.25) is 0 Å². The molecule has 0 saturated heterocycles. The zero-order chi connectivity index (χ0) is 12.3. The van der Waals surface area contributed by atoms with Crippen molar-refractivity contribution in [3.05, 3.63) is 28.0 Å². The predicted octanol–water partition coefficient (Wildman–Crippen LogP) is 2.64. The van der Waals surface area contributed by atoms with E-state index >= 15 is 0 Å². The molecule has 0 atom stereocenters. The second-order valence-corrected chi connectivity index (χ2v) is 4.86. The van der Waals surface area contributed by atoms with Crippen molar-refractivity contribution in [2.24, 2.45) is 0 Å². The Morgan fingerprint density at radius 2 is 2.19 bits per heavy atom. The Hall–Kier alpha value is -1.12. The summed E-state index contributed by atoms with van der Waals surface area (Å²) in [7, 11) is 0. The number of anilines is 1. The van der Waals surface area contributed by atoms with Crippen LogP contribution in [0.1, 0.15) is 19.4 Å². The van der Waals surface area contributed by atoms with Crippen molar-refractivity contribution in [3.63, 3.8) is 0 Å². The SMILES string of the molecule is CC(C)(O)CNc1ccc(C#N)c(Br)c1F. The molecule has 2 N–H and O–H groups in total. The fourth-order valence-electron chi connectivity index (χ4n) is 1.08. The molecule has 0 spiro atoms. The molecule has 86 valence electrons. The molecule has 0 aliphatic heterocycles. The van der Waals surface area contributed by atoms with Crippen LogP contribution in [0.3, 0.4) is 0 Å². The third-order valence-corrected chi connectivity index (χ3v) is 2.69. The number of aliphatic hydroxyl groups is 1. The maximum Gasteiger partial charge on any atom is 0.161 e. The van der Waals surface area contributed by atoms with E-state index in [9.17, 15) is 9.50 Å². The highest BCUT2D eigenvalue weighted by atomic mass is 79.9. The highest BCUT2D eigenvalue weighted by molar-refractivity contribution is 9.10. The second-order valence-electron chi connectivity index (χ2n) is 4.07. The van der Waals surface area contributed by atoms with Gasteiger partial charge in [-0.1, -0.05) is 0 Å². The molecule has 1 rings (SSSR count). The summed E-state index contributed by atoms with van der Waals surface area (Å²) in [4.78, 5) is 0. The minimum absolute atomic E-state index is 0.135. The molecule has 1 aromatic carbocycles. The van der Waals surface area contributed by atoms with Crippen molar-refractivity contribution in [3.8, 4) is 6.07 Å². The Kier molecular flexibility index (Phi) is 3.89. The molecule has 0 fully saturated rings. The van der Waals surface area contributed by atoms with Gasteiger partial charge in [-0.2, -0.15) is 5.26 Å². The summed E-state index contributed by atoms with van der Waals surface area (Å²) >= 11 is 3.01. The maximum absolute atomic E-state index is 13.7. The lowest BCUT2D eigenvalue weighted by Gasteiger charge is -2.19. The van der Waals surface area contributed by atoms with Crippen LogP contribution in [0.25, 0.3) is 0 Å². The molecular formula is C11H12BrFN2O. The van der Waals surface area contributed by atoms with Gasteiger partial charge in [-0.05, 0) is 41.9 Å². The Bertz CT molecular complexity index is 435. The molecule has 0 bridgehead atoms. The summed E-state index contributed by atoms with van der Waals surface area (Å²) in [5.41, 5.74) is -0.424. The van der Waals surface area contributed by atoms with Gasteiger partial charge < -0.3 is 10.4 Å². The van der Waals surface area contributed by atoms with Crippen molar-refractivity contribution in [2.75, 3.05) is 11.9 Å². The average Bonchev–Trinajstić information content (AvgIpc) is 2.19. The first-order chi connectivity index (χ1) is 7.35. The normalized spacial score (nSPS) is 11.0. The van der Waals surface area contributed by atoms with E-state index in [0.29, 0.717) is 0 Å². The number of hydrogen-bond donors (Lipinski definition) is 2. The summed E-state index contributed by atoms with van der Waals surface area (Å²) in [6.07, 6.45) is 0. The van der Waals surface area contributed by atoms with Gasteiger partial charge in [0.1, 0.15) is 6.07 Å². The summed E-state index contributed by atoms with van der Waals surface area (Å²) in [5, 5.41) is 21.0. The van der Waals surface area contributed by atoms with Crippen LogP contribution in [-0.4, -0.2) is 17.3 Å². The molecular weight excluding hydrogens is 275 g/mol. The van der Waals surface area contributed by atoms with Crippen LogP contribution in [0.5, 0.6) is 0 Å². The smallest absolute Gasteiger partial charge is 0.161 e. The average molecular weight is 287 g/mol. The number of halogens is 2. The lowest BCUT2D eigenvalue weighted by atomic mass is 10.1. The van der Waals surface area contributed by atoms with Crippen LogP contribution in [0.2, 0.25) is 0 Å². The zero-order valence-corrected chi connectivity index (χ0v) is 10.6. The third-order valence-electron chi connectivity index (χ3n) is 1.91. The summed E-state index contributed by atoms with van der Waals surface area (Å²) in [6, 6.07) is 4.86. The van der Waals surface area contributed by atoms with Crippen molar-refractivity contribution in [1.82, 2.24) is 0 Å². The molecule has 0 aliphatic carbocycles. The maximum atomic E-state index is 13.7. The number of nitrogens with one attached hydrogen (secondary N) is 1. The van der Waals surface area contributed by atoms with Crippen molar-refractivity contribution >= 4 is 21.6 Å². The third kappa shape index (κ3) is 3.19. The number of nitrogens with zero attached hydrogens (tertiary/aromatic N) is 1. The van der Waals surface area contributed by atoms with Crippen LogP contribution in [0.4, 0.5) is 10.1 Å². The molecule has 0 aliphatic rings. The minimum Gasteiger partial charge on any atom is -0.389 e. The fourth-order valence-corrected chi connectivity index (χ4v) is 1.52. The summed E-state index contributed by atoms with van der Waals surface area (Å²) in [6.45, 7) is 3.47. The van der Waals surface area contributed by atoms with E-state index in [1.807, 2.05) is 6.07 Å². The molecule has 3 nitrogen and oxygen atoms in total. The van der Waals surface area contributed by atoms with Crippen LogP contribution in [-0.2, 0) is 0 Å². The Morgan fingerprint density at radius 1 is 1.56 bits per heavy atom. The van der Waals surface area contributed by atoms with E-state index in [4.69, 9.17) is 5.26 Å². The van der Waals surface area contributed by atoms with Crippen LogP contribution in [0.15, 0.2) is 16.6 Å². The lowest BCUT2D eigenvalue weighted by Crippen LogP contribution is -2.29. The monoisotopic (exact) mass is 286 g/mol. The van der Waals surface area contributed by atoms with Gasteiger partial charge in [0.2, 0.25) is 0 Å². The molecule has 0 radical (unpaired) electrons. The number of benzene rings is 1. The molecule has 0 saturated carbocycles. The van der Waals surface area contributed by atoms with Crippen molar-refractivity contribution in [2.45, 2.75) is 19.4 Å². The van der Waals surface area contributed by atoms with Gasteiger partial charge in [0.15, 0.2) is 5.82 Å². The van der Waals surface area contributed by atoms with Gasteiger partial charge in [0, 0.05) is 6.54 Å². The molecule has 0 aromatic heterocycles. The van der Waals surface area contributed by atoms with Gasteiger partial charge in [-0.15, -0.1) is 0 Å². The van der Waals surface area contributed by atoms with Crippen LogP contribution < -0.4 is 5.32 Å². The fraction of sp³-hybridized carbons (Fsp3) is 0.364. The first-order valence-electron chi connectivity index (χ1n) is 4.69. The van der Waals surface area contributed by atoms with E-state index in [-0.39, 0.29) is 22.3 Å². The van der Waals surface area contributed by atoms with Crippen LogP contribution >= 0.6 is 15.9 Å². The lowest BCUT2D eigenvalue weighted by molar-refractivity contribution is 0.0944. The Balaban J connectivity index is 2.92. The molecule has 5 heteroatoms. The molecule has 0 heterocycles. The topological polar surface area (TPSA) is 56.0 Å². The van der Waals surface area contributed by atoms with Gasteiger partial charge in [0.05, 0.1) is 21.3 Å². The molecule has 0 unspecified atom stereocenters. The van der Waals surface area contributed by atoms with Gasteiger partial charge >= 0.3 is 0 Å². The molecule has 16 heavy (non-hydrogen) atoms. The van der Waals surface area contributed by atoms with E-state index in [0.717, 1.165) is 0 Å². The van der Waals surface area contributed by atoms with E-state index in [1.165, 1.54) is 12.1 Å². The standard InChI is InChI=1S/C11H12BrFN2O/c1-11(2,16)6-15-8-4-3-7(5-14)9(12)10(8)13/h3-4,15-16H,6H2,1-2H3. The van der Waals surface area contributed by atoms with Crippen molar-refractivity contribution in [1.29, 1.82) is 5.26 Å². The van der Waals surface area contributed by atoms with E-state index in [2.05, 4.69) is 21.2 Å².